The van der Waals surface area contributed by atoms with E-state index in [0.717, 1.165) is 19.3 Å². The monoisotopic (exact) mass is 364 g/mol. The normalized spacial score (nSPS) is 9.96. The molecule has 0 heterocycles. The topological polar surface area (TPSA) is 63.6 Å². The Kier molecular flexibility index (Phi) is 15.4. The second-order valence-corrected chi connectivity index (χ2v) is 6.49. The van der Waals surface area contributed by atoms with Gasteiger partial charge in [-0.2, -0.15) is 0 Å². The van der Waals surface area contributed by atoms with Crippen molar-refractivity contribution in [3.8, 4) is 0 Å². The SMILES string of the molecule is CCCCCC.CCCCCCCC(=O)OCc1ccccc1C(=O)O. The summed E-state index contributed by atoms with van der Waals surface area (Å²) < 4.78 is 5.12. The zero-order valence-electron chi connectivity index (χ0n) is 16.8. The highest BCUT2D eigenvalue weighted by atomic mass is 16.5. The van der Waals surface area contributed by atoms with Gasteiger partial charge in [0.05, 0.1) is 5.56 Å². The van der Waals surface area contributed by atoms with Crippen molar-refractivity contribution in [3.05, 3.63) is 35.4 Å². The van der Waals surface area contributed by atoms with Crippen molar-refractivity contribution >= 4 is 11.9 Å². The highest BCUT2D eigenvalue weighted by Crippen LogP contribution is 2.11. The average Bonchev–Trinajstić information content (AvgIpc) is 2.65. The predicted octanol–water partition coefficient (Wildman–Crippen LogP) is 6.38. The van der Waals surface area contributed by atoms with Crippen molar-refractivity contribution in [2.75, 3.05) is 0 Å². The molecule has 148 valence electrons. The van der Waals surface area contributed by atoms with Gasteiger partial charge in [-0.1, -0.05) is 90.3 Å². The molecule has 0 saturated carbocycles. The van der Waals surface area contributed by atoms with Gasteiger partial charge in [-0.15, -0.1) is 0 Å². The van der Waals surface area contributed by atoms with E-state index in [1.165, 1.54) is 44.6 Å². The van der Waals surface area contributed by atoms with Crippen LogP contribution < -0.4 is 0 Å². The fourth-order valence-electron chi connectivity index (χ4n) is 2.46. The van der Waals surface area contributed by atoms with Crippen molar-refractivity contribution in [1.82, 2.24) is 0 Å². The maximum atomic E-state index is 11.6. The van der Waals surface area contributed by atoms with Crippen LogP contribution in [0.4, 0.5) is 0 Å². The lowest BCUT2D eigenvalue weighted by molar-refractivity contribution is -0.145. The van der Waals surface area contributed by atoms with Gasteiger partial charge in [-0.25, -0.2) is 4.79 Å². The molecule has 0 unspecified atom stereocenters. The van der Waals surface area contributed by atoms with E-state index in [9.17, 15) is 9.59 Å². The standard InChI is InChI=1S/C16H22O4.C6H14/c1-2-3-4-5-6-11-15(17)20-12-13-9-7-8-10-14(13)16(18)19;1-3-5-6-4-2/h7-10H,2-6,11-12H2,1H3,(H,18,19);3-6H2,1-2H3. The number of rotatable bonds is 12. The van der Waals surface area contributed by atoms with Gasteiger partial charge >= 0.3 is 11.9 Å². The van der Waals surface area contributed by atoms with Crippen LogP contribution in [0, 0.1) is 0 Å². The number of hydrogen-bond donors (Lipinski definition) is 1. The third-order valence-corrected chi connectivity index (χ3v) is 4.08. The molecule has 0 aliphatic heterocycles. The zero-order chi connectivity index (χ0) is 19.6. The molecule has 0 radical (unpaired) electrons. The third kappa shape index (κ3) is 12.5. The number of hydrogen-bond acceptors (Lipinski definition) is 3. The van der Waals surface area contributed by atoms with Crippen molar-refractivity contribution in [2.24, 2.45) is 0 Å². The minimum atomic E-state index is -1.00. The summed E-state index contributed by atoms with van der Waals surface area (Å²) in [6.07, 6.45) is 11.3. The summed E-state index contributed by atoms with van der Waals surface area (Å²) in [5.41, 5.74) is 0.711. The van der Waals surface area contributed by atoms with Crippen LogP contribution in [-0.4, -0.2) is 17.0 Å². The van der Waals surface area contributed by atoms with Crippen LogP contribution in [0.5, 0.6) is 0 Å². The van der Waals surface area contributed by atoms with Crippen molar-refractivity contribution < 1.29 is 19.4 Å². The minimum absolute atomic E-state index is 0.0241. The fraction of sp³-hybridized carbons (Fsp3) is 0.636. The Morgan fingerprint density at radius 2 is 1.38 bits per heavy atom. The number of carbonyl (C=O) groups is 2. The molecule has 26 heavy (non-hydrogen) atoms. The van der Waals surface area contributed by atoms with Crippen molar-refractivity contribution in [1.29, 1.82) is 0 Å². The summed E-state index contributed by atoms with van der Waals surface area (Å²) in [6.45, 7) is 6.63. The molecule has 0 bridgehead atoms. The smallest absolute Gasteiger partial charge is 0.336 e. The first-order valence-corrected chi connectivity index (χ1v) is 10.0. The number of esters is 1. The highest BCUT2D eigenvalue weighted by Gasteiger charge is 2.10. The van der Waals surface area contributed by atoms with Gasteiger partial charge in [0.25, 0.3) is 0 Å². The number of carboxylic acid groups (broad SMARTS) is 1. The number of aromatic carboxylic acids is 1. The van der Waals surface area contributed by atoms with E-state index in [1.54, 1.807) is 18.2 Å². The Morgan fingerprint density at radius 3 is 1.96 bits per heavy atom. The lowest BCUT2D eigenvalue weighted by Crippen LogP contribution is -2.08. The van der Waals surface area contributed by atoms with E-state index in [2.05, 4.69) is 20.8 Å². The van der Waals surface area contributed by atoms with Gasteiger partial charge < -0.3 is 9.84 Å². The summed E-state index contributed by atoms with van der Waals surface area (Å²) >= 11 is 0. The Bertz CT molecular complexity index is 493. The summed E-state index contributed by atoms with van der Waals surface area (Å²) in [5.74, 6) is -1.27. The van der Waals surface area contributed by atoms with E-state index in [-0.39, 0.29) is 18.1 Å². The molecule has 1 N–H and O–H groups in total. The molecule has 4 heteroatoms. The molecule has 1 aromatic rings. The molecule has 0 saturated heterocycles. The van der Waals surface area contributed by atoms with E-state index in [0.29, 0.717) is 12.0 Å². The molecule has 1 rings (SSSR count). The Balaban J connectivity index is 0.000000896. The number of ether oxygens (including phenoxy) is 1. The summed E-state index contributed by atoms with van der Waals surface area (Å²) in [7, 11) is 0. The maximum Gasteiger partial charge on any atom is 0.336 e. The second-order valence-electron chi connectivity index (χ2n) is 6.49. The third-order valence-electron chi connectivity index (χ3n) is 4.08. The van der Waals surface area contributed by atoms with Gasteiger partial charge in [0.2, 0.25) is 0 Å². The molecule has 0 fully saturated rings. The van der Waals surface area contributed by atoms with Crippen LogP contribution in [0.2, 0.25) is 0 Å². The number of carbonyl (C=O) groups excluding carboxylic acids is 1. The molecule has 0 aromatic heterocycles. The summed E-state index contributed by atoms with van der Waals surface area (Å²) in [4.78, 5) is 22.6. The van der Waals surface area contributed by atoms with Crippen molar-refractivity contribution in [2.45, 2.75) is 91.6 Å². The molecule has 0 aliphatic rings. The molecule has 0 atom stereocenters. The van der Waals surface area contributed by atoms with Crippen LogP contribution in [0.25, 0.3) is 0 Å². The van der Waals surface area contributed by atoms with Crippen LogP contribution in [-0.2, 0) is 16.1 Å². The first kappa shape index (κ1) is 24.2. The number of carboxylic acids is 1. The van der Waals surface area contributed by atoms with Gasteiger partial charge in [0, 0.05) is 12.0 Å². The fourth-order valence-corrected chi connectivity index (χ4v) is 2.46. The minimum Gasteiger partial charge on any atom is -0.478 e. The zero-order valence-corrected chi connectivity index (χ0v) is 16.8. The van der Waals surface area contributed by atoms with Crippen LogP contribution >= 0.6 is 0 Å². The summed E-state index contributed by atoms with van der Waals surface area (Å²) in [5, 5.41) is 9.01. The molecular formula is C22H36O4. The molecule has 0 amide bonds. The van der Waals surface area contributed by atoms with Gasteiger partial charge in [-0.05, 0) is 12.5 Å². The predicted molar refractivity (Wildman–Crippen MR) is 106 cm³/mol. The Morgan fingerprint density at radius 1 is 0.846 bits per heavy atom. The van der Waals surface area contributed by atoms with Crippen molar-refractivity contribution in [3.63, 3.8) is 0 Å². The lowest BCUT2D eigenvalue weighted by Gasteiger charge is -2.07. The first-order valence-electron chi connectivity index (χ1n) is 10.0. The quantitative estimate of drug-likeness (QED) is 0.345. The average molecular weight is 365 g/mol. The molecule has 0 aliphatic carbocycles. The second kappa shape index (κ2) is 16.6. The Labute approximate surface area is 159 Å². The first-order chi connectivity index (χ1) is 12.6. The van der Waals surface area contributed by atoms with Crippen LogP contribution in [0.1, 0.15) is 101 Å². The van der Waals surface area contributed by atoms with Gasteiger partial charge in [-0.3, -0.25) is 4.79 Å². The maximum absolute atomic E-state index is 11.6. The van der Waals surface area contributed by atoms with E-state index in [1.807, 2.05) is 0 Å². The molecule has 1 aromatic carbocycles. The van der Waals surface area contributed by atoms with Crippen LogP contribution in [0.3, 0.4) is 0 Å². The van der Waals surface area contributed by atoms with Gasteiger partial charge in [0.1, 0.15) is 6.61 Å². The van der Waals surface area contributed by atoms with Gasteiger partial charge in [0.15, 0.2) is 0 Å². The number of benzene rings is 1. The largest absolute Gasteiger partial charge is 0.478 e. The van der Waals surface area contributed by atoms with Crippen LogP contribution in [0.15, 0.2) is 24.3 Å². The van der Waals surface area contributed by atoms with E-state index in [4.69, 9.17) is 9.84 Å². The Hall–Kier alpha value is -1.84. The summed E-state index contributed by atoms with van der Waals surface area (Å²) in [6, 6.07) is 6.57. The van der Waals surface area contributed by atoms with E-state index >= 15 is 0 Å². The van der Waals surface area contributed by atoms with E-state index < -0.39 is 5.97 Å². The molecular weight excluding hydrogens is 328 g/mol. The lowest BCUT2D eigenvalue weighted by atomic mass is 10.1. The number of unbranched alkanes of at least 4 members (excludes halogenated alkanes) is 7. The molecule has 0 spiro atoms. The molecule has 4 nitrogen and oxygen atoms in total. The highest BCUT2D eigenvalue weighted by molar-refractivity contribution is 5.89.